The molecule has 0 aliphatic rings. The van der Waals surface area contributed by atoms with Crippen LogP contribution in [0.2, 0.25) is 0 Å². The Balaban J connectivity index is 2.05. The van der Waals surface area contributed by atoms with E-state index in [1.54, 1.807) is 26.8 Å². The zero-order valence-corrected chi connectivity index (χ0v) is 14.0. The van der Waals surface area contributed by atoms with Crippen LogP contribution in [0.3, 0.4) is 0 Å². The molecule has 1 N–H and O–H groups in total. The number of nitrogens with zero attached hydrogens (tertiary/aromatic N) is 1. The number of ether oxygens (including phenoxy) is 2. The van der Waals surface area contributed by atoms with Crippen molar-refractivity contribution in [2.24, 2.45) is 0 Å². The quantitative estimate of drug-likeness (QED) is 0.815. The Bertz CT molecular complexity index is 693. The number of rotatable bonds is 1. The summed E-state index contributed by atoms with van der Waals surface area (Å²) in [5.74, 6) is 0.150. The van der Waals surface area contributed by atoms with Crippen LogP contribution < -0.4 is 10.1 Å². The second-order valence-corrected chi connectivity index (χ2v) is 6.87. The molecular weight excluding hydrogens is 360 g/mol. The van der Waals surface area contributed by atoms with E-state index in [0.717, 1.165) is 9.17 Å². The number of aromatic nitrogens is 1. The summed E-state index contributed by atoms with van der Waals surface area (Å²) in [6.07, 6.45) is -1.80. The van der Waals surface area contributed by atoms with Crippen molar-refractivity contribution < 1.29 is 19.1 Å². The van der Waals surface area contributed by atoms with Crippen molar-refractivity contribution in [2.75, 3.05) is 0 Å². The summed E-state index contributed by atoms with van der Waals surface area (Å²) in [5, 5.41) is 2.67. The monoisotopic (exact) mass is 372 g/mol. The van der Waals surface area contributed by atoms with Crippen LogP contribution in [0.25, 0.3) is 10.1 Å². The number of amides is 2. The predicted molar refractivity (Wildman–Crippen MR) is 82.7 cm³/mol. The molecule has 0 saturated carbocycles. The van der Waals surface area contributed by atoms with Crippen molar-refractivity contribution in [3.05, 3.63) is 22.7 Å². The highest BCUT2D eigenvalue weighted by atomic mass is 79.9. The summed E-state index contributed by atoms with van der Waals surface area (Å²) >= 11 is 4.54. The lowest BCUT2D eigenvalue weighted by atomic mass is 10.2. The van der Waals surface area contributed by atoms with Gasteiger partial charge in [0.1, 0.15) is 5.60 Å². The van der Waals surface area contributed by atoms with Crippen LogP contribution in [-0.4, -0.2) is 22.2 Å². The number of carbonyl (C=O) groups is 2. The minimum absolute atomic E-state index is 0.150. The first-order valence-corrected chi connectivity index (χ1v) is 7.58. The fourth-order valence-corrected chi connectivity index (χ4v) is 2.51. The van der Waals surface area contributed by atoms with E-state index in [1.165, 1.54) is 11.5 Å². The number of hydrogen-bond donors (Lipinski definition) is 1. The molecule has 0 saturated heterocycles. The molecular formula is C13H13BrN2O4S. The zero-order valence-electron chi connectivity index (χ0n) is 11.6. The van der Waals surface area contributed by atoms with Gasteiger partial charge in [0, 0.05) is 4.47 Å². The Morgan fingerprint density at radius 3 is 2.67 bits per heavy atom. The van der Waals surface area contributed by atoms with Gasteiger partial charge in [0.15, 0.2) is 0 Å². The molecule has 6 nitrogen and oxygen atoms in total. The fourth-order valence-electron chi connectivity index (χ4n) is 1.46. The highest BCUT2D eigenvalue weighted by molar-refractivity contribution is 9.10. The normalized spacial score (nSPS) is 11.2. The van der Waals surface area contributed by atoms with Gasteiger partial charge in [0.05, 0.1) is 10.1 Å². The van der Waals surface area contributed by atoms with Gasteiger partial charge in [0.2, 0.25) is 5.88 Å². The largest absolute Gasteiger partial charge is 0.443 e. The minimum atomic E-state index is -0.934. The Morgan fingerprint density at radius 1 is 1.29 bits per heavy atom. The van der Waals surface area contributed by atoms with Crippen molar-refractivity contribution in [1.82, 2.24) is 9.69 Å². The Morgan fingerprint density at radius 2 is 2.00 bits per heavy atom. The van der Waals surface area contributed by atoms with Crippen molar-refractivity contribution in [3.8, 4) is 5.88 Å². The van der Waals surface area contributed by atoms with E-state index < -0.39 is 17.8 Å². The van der Waals surface area contributed by atoms with Crippen LogP contribution in [0.1, 0.15) is 20.8 Å². The number of nitrogens with one attached hydrogen (secondary N) is 1. The summed E-state index contributed by atoms with van der Waals surface area (Å²) in [6.45, 7) is 5.09. The molecule has 1 aromatic carbocycles. The lowest BCUT2D eigenvalue weighted by Gasteiger charge is -2.18. The molecule has 1 heterocycles. The van der Waals surface area contributed by atoms with Crippen molar-refractivity contribution in [3.63, 3.8) is 0 Å². The number of alkyl carbamates (subject to hydrolysis) is 1. The van der Waals surface area contributed by atoms with Crippen molar-refractivity contribution >= 4 is 49.7 Å². The molecule has 112 valence electrons. The summed E-state index contributed by atoms with van der Waals surface area (Å²) in [6, 6.07) is 5.51. The van der Waals surface area contributed by atoms with Crippen LogP contribution in [0.4, 0.5) is 9.59 Å². The molecule has 2 aromatic rings. The van der Waals surface area contributed by atoms with Gasteiger partial charge < -0.3 is 9.47 Å². The van der Waals surface area contributed by atoms with Gasteiger partial charge in [0.25, 0.3) is 0 Å². The summed E-state index contributed by atoms with van der Waals surface area (Å²) in [5.41, 5.74) is -0.692. The molecule has 0 atom stereocenters. The number of fused-ring (bicyclic) bond motifs is 1. The number of hydrogen-bond acceptors (Lipinski definition) is 6. The van der Waals surface area contributed by atoms with Gasteiger partial charge >= 0.3 is 12.2 Å². The van der Waals surface area contributed by atoms with Gasteiger partial charge in [-0.2, -0.15) is 4.37 Å². The SMILES string of the molecule is CC(C)(C)OC(=O)NC(=O)Oc1nsc2ccc(Br)cc12. The molecule has 0 spiro atoms. The molecule has 2 rings (SSSR count). The molecule has 0 aliphatic carbocycles. The van der Waals surface area contributed by atoms with Gasteiger partial charge in [-0.05, 0) is 50.5 Å². The number of halogens is 1. The van der Waals surface area contributed by atoms with Crippen molar-refractivity contribution in [2.45, 2.75) is 26.4 Å². The van der Waals surface area contributed by atoms with E-state index in [-0.39, 0.29) is 5.88 Å². The number of imide groups is 1. The zero-order chi connectivity index (χ0) is 15.6. The van der Waals surface area contributed by atoms with E-state index >= 15 is 0 Å². The van der Waals surface area contributed by atoms with E-state index in [2.05, 4.69) is 20.3 Å². The van der Waals surface area contributed by atoms with Gasteiger partial charge in [-0.3, -0.25) is 0 Å². The van der Waals surface area contributed by atoms with Crippen LogP contribution in [0.15, 0.2) is 22.7 Å². The molecule has 0 fully saturated rings. The molecule has 2 amide bonds. The standard InChI is InChI=1S/C13H13BrN2O4S/c1-13(2,3)20-12(18)15-11(17)19-10-8-6-7(14)4-5-9(8)21-16-10/h4-6H,1-3H3,(H,15,17,18). The molecule has 8 heteroatoms. The average Bonchev–Trinajstić information content (AvgIpc) is 2.69. The van der Waals surface area contributed by atoms with E-state index in [1.807, 2.05) is 17.4 Å². The first-order valence-electron chi connectivity index (χ1n) is 6.01. The first kappa shape index (κ1) is 15.7. The van der Waals surface area contributed by atoms with Gasteiger partial charge in [-0.1, -0.05) is 15.9 Å². The van der Waals surface area contributed by atoms with Crippen LogP contribution >= 0.6 is 27.5 Å². The lowest BCUT2D eigenvalue weighted by molar-refractivity contribution is 0.0533. The second-order valence-electron chi connectivity index (χ2n) is 5.14. The molecule has 1 aromatic heterocycles. The third-order valence-electron chi connectivity index (χ3n) is 2.19. The van der Waals surface area contributed by atoms with Crippen LogP contribution in [0.5, 0.6) is 5.88 Å². The Labute approximate surface area is 133 Å². The predicted octanol–water partition coefficient (Wildman–Crippen LogP) is 4.08. The fraction of sp³-hybridized carbons (Fsp3) is 0.308. The maximum Gasteiger partial charge on any atom is 0.423 e. The minimum Gasteiger partial charge on any atom is -0.443 e. The Hall–Kier alpha value is -1.67. The number of carbonyl (C=O) groups excluding carboxylic acids is 2. The highest BCUT2D eigenvalue weighted by Gasteiger charge is 2.20. The molecule has 0 unspecified atom stereocenters. The average molecular weight is 373 g/mol. The van der Waals surface area contributed by atoms with Gasteiger partial charge in [-0.25, -0.2) is 14.9 Å². The highest BCUT2D eigenvalue weighted by Crippen LogP contribution is 2.31. The van der Waals surface area contributed by atoms with E-state index in [4.69, 9.17) is 9.47 Å². The maximum atomic E-state index is 11.7. The van der Waals surface area contributed by atoms with Crippen molar-refractivity contribution in [1.29, 1.82) is 0 Å². The molecule has 0 aliphatic heterocycles. The van der Waals surface area contributed by atoms with E-state index in [0.29, 0.717) is 5.39 Å². The smallest absolute Gasteiger partial charge is 0.423 e. The third-order valence-corrected chi connectivity index (χ3v) is 3.49. The van der Waals surface area contributed by atoms with Gasteiger partial charge in [-0.15, -0.1) is 0 Å². The first-order chi connectivity index (χ1) is 9.74. The summed E-state index contributed by atoms with van der Waals surface area (Å²) < 4.78 is 15.8. The van der Waals surface area contributed by atoms with Crippen LogP contribution in [-0.2, 0) is 4.74 Å². The lowest BCUT2D eigenvalue weighted by Crippen LogP contribution is -2.37. The van der Waals surface area contributed by atoms with Crippen LogP contribution in [0, 0.1) is 0 Å². The topological polar surface area (TPSA) is 77.5 Å². The molecule has 0 bridgehead atoms. The second kappa shape index (κ2) is 5.98. The molecule has 21 heavy (non-hydrogen) atoms. The molecule has 0 radical (unpaired) electrons. The summed E-state index contributed by atoms with van der Waals surface area (Å²) in [7, 11) is 0. The summed E-state index contributed by atoms with van der Waals surface area (Å²) in [4.78, 5) is 23.1. The maximum absolute atomic E-state index is 11.7. The Kier molecular flexibility index (Phi) is 4.48. The van der Waals surface area contributed by atoms with E-state index in [9.17, 15) is 9.59 Å². The number of benzene rings is 1. The third kappa shape index (κ3) is 4.40.